The third-order valence-electron chi connectivity index (χ3n) is 5.27. The molecule has 1 saturated heterocycles. The molecule has 1 aliphatic carbocycles. The molecular weight excluding hydrogens is 410 g/mol. The molecule has 2 fully saturated rings. The van der Waals surface area contributed by atoms with Crippen LogP contribution in [0.5, 0.6) is 17.2 Å². The van der Waals surface area contributed by atoms with Gasteiger partial charge in [-0.3, -0.25) is 4.79 Å². The molecule has 1 heterocycles. The molecule has 5 N–H and O–H groups in total. The molecule has 3 rings (SSSR count). The molecule has 10 nitrogen and oxygen atoms in total. The Labute approximate surface area is 179 Å². The van der Waals surface area contributed by atoms with Crippen LogP contribution in [0.15, 0.2) is 30.4 Å². The number of phenols is 1. The van der Waals surface area contributed by atoms with E-state index in [4.69, 9.17) is 18.9 Å². The number of aromatic hydroxyl groups is 1. The maximum Gasteiger partial charge on any atom is 0.247 e. The number of aliphatic hydroxyl groups is 3. The predicted molar refractivity (Wildman–Crippen MR) is 109 cm³/mol. The van der Waals surface area contributed by atoms with Crippen molar-refractivity contribution in [3.05, 3.63) is 35.9 Å². The Morgan fingerprint density at radius 1 is 1.23 bits per heavy atom. The van der Waals surface area contributed by atoms with Crippen LogP contribution < -0.4 is 14.8 Å². The number of hydrogen-bond acceptors (Lipinski definition) is 9. The van der Waals surface area contributed by atoms with Gasteiger partial charge in [0.15, 0.2) is 11.5 Å². The Kier molecular flexibility index (Phi) is 7.19. The van der Waals surface area contributed by atoms with Crippen LogP contribution in [0.3, 0.4) is 0 Å². The summed E-state index contributed by atoms with van der Waals surface area (Å²) in [5.74, 6) is -0.339. The summed E-state index contributed by atoms with van der Waals surface area (Å²) in [5, 5.41) is 43.8. The number of phenolic OH excluding ortho intramolecular Hbond substituents is 1. The minimum Gasteiger partial charge on any atom is -0.504 e. The summed E-state index contributed by atoms with van der Waals surface area (Å²) in [6.07, 6.45) is -2.76. The molecule has 1 aromatic rings. The normalized spacial score (nSPS) is 30.4. The molecule has 10 heteroatoms. The second-order valence-corrected chi connectivity index (χ2v) is 7.35. The van der Waals surface area contributed by atoms with Gasteiger partial charge < -0.3 is 44.7 Å². The van der Waals surface area contributed by atoms with Crippen LogP contribution in [-0.2, 0) is 14.3 Å². The number of rotatable bonds is 7. The zero-order valence-corrected chi connectivity index (χ0v) is 17.2. The van der Waals surface area contributed by atoms with E-state index in [1.807, 2.05) is 0 Å². The van der Waals surface area contributed by atoms with Gasteiger partial charge in [0.1, 0.15) is 43.9 Å². The number of amides is 1. The van der Waals surface area contributed by atoms with Crippen molar-refractivity contribution in [2.24, 2.45) is 0 Å². The number of carbonyl (C=O) groups is 1. The topological polar surface area (TPSA) is 147 Å². The summed E-state index contributed by atoms with van der Waals surface area (Å²) in [6, 6.07) is 1.82. The molecule has 6 atom stereocenters. The number of ether oxygens (including phenoxy) is 4. The second kappa shape index (κ2) is 9.67. The highest BCUT2D eigenvalue weighted by Crippen LogP contribution is 2.38. The van der Waals surface area contributed by atoms with Gasteiger partial charge in [0.2, 0.25) is 11.7 Å². The first-order valence-corrected chi connectivity index (χ1v) is 9.69. The van der Waals surface area contributed by atoms with Crippen LogP contribution in [0.4, 0.5) is 0 Å². The number of carbonyl (C=O) groups excluding carboxylic acids is 1. The van der Waals surface area contributed by atoms with Crippen LogP contribution >= 0.6 is 0 Å². The lowest BCUT2D eigenvalue weighted by molar-refractivity contribution is -0.155. The minimum absolute atomic E-state index is 0.117. The van der Waals surface area contributed by atoms with Gasteiger partial charge in [-0.2, -0.15) is 0 Å². The monoisotopic (exact) mass is 437 g/mol. The van der Waals surface area contributed by atoms with Crippen molar-refractivity contribution in [2.45, 2.75) is 43.5 Å². The summed E-state index contributed by atoms with van der Waals surface area (Å²) in [5.41, 5.74) is 0.686. The Bertz CT molecular complexity index is 855. The minimum atomic E-state index is -1.44. The molecule has 1 aliphatic heterocycles. The van der Waals surface area contributed by atoms with Crippen LogP contribution in [0.25, 0.3) is 6.08 Å². The van der Waals surface area contributed by atoms with E-state index in [9.17, 15) is 25.2 Å². The highest BCUT2D eigenvalue weighted by molar-refractivity contribution is 5.97. The Morgan fingerprint density at radius 2 is 1.90 bits per heavy atom. The van der Waals surface area contributed by atoms with Crippen LogP contribution in [0, 0.1) is 0 Å². The number of aliphatic hydroxyl groups excluding tert-OH is 3. The average Bonchev–Trinajstić information content (AvgIpc) is 3.24. The van der Waals surface area contributed by atoms with Gasteiger partial charge in [-0.05, 0) is 30.7 Å². The first-order valence-electron chi connectivity index (χ1n) is 9.69. The van der Waals surface area contributed by atoms with Gasteiger partial charge in [-0.15, -0.1) is 0 Å². The van der Waals surface area contributed by atoms with Crippen LogP contribution in [-0.4, -0.2) is 83.4 Å². The van der Waals surface area contributed by atoms with Gasteiger partial charge in [-0.25, -0.2) is 0 Å². The predicted octanol–water partition coefficient (Wildman–Crippen LogP) is -0.309. The number of nitrogens with one attached hydrogen (secondary N) is 1. The maximum atomic E-state index is 12.7. The molecule has 0 bridgehead atoms. The van der Waals surface area contributed by atoms with E-state index in [0.717, 1.165) is 0 Å². The molecule has 0 spiro atoms. The first kappa shape index (κ1) is 23.0. The summed E-state index contributed by atoms with van der Waals surface area (Å²) in [7, 11) is 1.42. The van der Waals surface area contributed by atoms with E-state index in [1.165, 1.54) is 32.3 Å². The largest absolute Gasteiger partial charge is 0.504 e. The van der Waals surface area contributed by atoms with E-state index >= 15 is 0 Å². The smallest absolute Gasteiger partial charge is 0.247 e. The van der Waals surface area contributed by atoms with Gasteiger partial charge in [-0.1, -0.05) is 12.7 Å². The molecule has 0 aromatic heterocycles. The van der Waals surface area contributed by atoms with Crippen molar-refractivity contribution >= 4 is 12.0 Å². The molecule has 31 heavy (non-hydrogen) atoms. The molecule has 170 valence electrons. The summed E-state index contributed by atoms with van der Waals surface area (Å²) in [6.45, 7) is 5.13. The molecule has 2 aliphatic rings. The number of benzene rings is 1. The lowest BCUT2D eigenvalue weighted by Gasteiger charge is -2.41. The van der Waals surface area contributed by atoms with Crippen molar-refractivity contribution in [3.8, 4) is 17.2 Å². The number of fused-ring (bicyclic) bond motifs is 1. The van der Waals surface area contributed by atoms with E-state index in [0.29, 0.717) is 5.56 Å². The Balaban J connectivity index is 1.76. The maximum absolute atomic E-state index is 12.7. The van der Waals surface area contributed by atoms with Crippen molar-refractivity contribution in [1.82, 2.24) is 5.32 Å². The van der Waals surface area contributed by atoms with Gasteiger partial charge >= 0.3 is 0 Å². The second-order valence-electron chi connectivity index (χ2n) is 7.35. The lowest BCUT2D eigenvalue weighted by Crippen LogP contribution is -2.67. The number of hydrogen-bond donors (Lipinski definition) is 5. The fourth-order valence-electron chi connectivity index (χ4n) is 3.67. The van der Waals surface area contributed by atoms with Crippen LogP contribution in [0.1, 0.15) is 12.5 Å². The zero-order chi connectivity index (χ0) is 22.7. The average molecular weight is 437 g/mol. The zero-order valence-electron chi connectivity index (χ0n) is 17.2. The standard InChI is InChI=1S/C21H27NO9/c1-4-5-29-18-12(23)7-11(8-13(18)28-3)6-10(2)21(27)22-14-15(24)17(26)20-19(16(14)25)30-9-31-20/h4,6-8,14-17,19-20,23-26H,1,5,9H2,2-3H3,(H,22,27)/b10-6-/t14-,15+,16-,17-,19+,20-/m1/s1. The van der Waals surface area contributed by atoms with E-state index in [1.54, 1.807) is 6.07 Å². The van der Waals surface area contributed by atoms with Crippen molar-refractivity contribution in [2.75, 3.05) is 20.5 Å². The van der Waals surface area contributed by atoms with E-state index < -0.39 is 42.5 Å². The molecule has 1 saturated carbocycles. The summed E-state index contributed by atoms with van der Waals surface area (Å²) >= 11 is 0. The quantitative estimate of drug-likeness (QED) is 0.286. The SMILES string of the molecule is C=CCOc1c(O)cc(/C=C(/C)C(=O)N[C@@H]2[C@H](O)[C@@H](O)[C@H]3OCO[C@H]3[C@@H]2O)cc1OC. The Morgan fingerprint density at radius 3 is 2.55 bits per heavy atom. The van der Waals surface area contributed by atoms with Gasteiger partial charge in [0, 0.05) is 5.57 Å². The lowest BCUT2D eigenvalue weighted by atomic mass is 9.83. The van der Waals surface area contributed by atoms with Crippen molar-refractivity contribution in [3.63, 3.8) is 0 Å². The van der Waals surface area contributed by atoms with Gasteiger partial charge in [0.25, 0.3) is 0 Å². The summed E-state index contributed by atoms with van der Waals surface area (Å²) in [4.78, 5) is 12.7. The molecule has 1 aromatic carbocycles. The van der Waals surface area contributed by atoms with E-state index in [-0.39, 0.29) is 36.2 Å². The van der Waals surface area contributed by atoms with E-state index in [2.05, 4.69) is 11.9 Å². The van der Waals surface area contributed by atoms with Crippen molar-refractivity contribution in [1.29, 1.82) is 0 Å². The highest BCUT2D eigenvalue weighted by atomic mass is 16.7. The molecule has 0 radical (unpaired) electrons. The fourth-order valence-corrected chi connectivity index (χ4v) is 3.67. The molecular formula is C21H27NO9. The fraction of sp³-hybridized carbons (Fsp3) is 0.476. The molecule has 1 amide bonds. The van der Waals surface area contributed by atoms with Gasteiger partial charge in [0.05, 0.1) is 13.2 Å². The number of methoxy groups -OCH3 is 1. The third kappa shape index (κ3) is 4.68. The van der Waals surface area contributed by atoms with Crippen LogP contribution in [0.2, 0.25) is 0 Å². The highest BCUT2D eigenvalue weighted by Gasteiger charge is 2.53. The van der Waals surface area contributed by atoms with Crippen molar-refractivity contribution < 1.29 is 44.2 Å². The first-order chi connectivity index (χ1) is 14.8. The molecule has 0 unspecified atom stereocenters. The third-order valence-corrected chi connectivity index (χ3v) is 5.27. The summed E-state index contributed by atoms with van der Waals surface area (Å²) < 4.78 is 21.1. The Hall–Kier alpha value is -2.63.